The van der Waals surface area contributed by atoms with Gasteiger partial charge in [0.15, 0.2) is 0 Å². The summed E-state index contributed by atoms with van der Waals surface area (Å²) >= 11 is 0. The number of benzene rings is 1. The van der Waals surface area contributed by atoms with E-state index in [1.54, 1.807) is 0 Å². The van der Waals surface area contributed by atoms with Crippen LogP contribution < -0.4 is 10.5 Å². The monoisotopic (exact) mass is 273 g/mol. The first kappa shape index (κ1) is 14.6. The number of aryl methyl sites for hydroxylation is 1. The highest BCUT2D eigenvalue weighted by Gasteiger charge is 2.06. The second-order valence-corrected chi connectivity index (χ2v) is 5.48. The molecule has 1 aromatic carbocycles. The van der Waals surface area contributed by atoms with Gasteiger partial charge in [-0.1, -0.05) is 12.1 Å². The van der Waals surface area contributed by atoms with E-state index in [2.05, 4.69) is 25.0 Å². The molecule has 0 bridgehead atoms. The third kappa shape index (κ3) is 3.39. The average molecular weight is 273 g/mol. The number of ether oxygens (including phenoxy) is 1. The number of hydrogen-bond acceptors (Lipinski definition) is 3. The van der Waals surface area contributed by atoms with Crippen molar-refractivity contribution in [2.24, 2.45) is 5.73 Å². The molecule has 0 saturated carbocycles. The van der Waals surface area contributed by atoms with Gasteiger partial charge >= 0.3 is 0 Å². The number of aromatic nitrogens is 2. The van der Waals surface area contributed by atoms with Crippen molar-refractivity contribution in [3.8, 4) is 5.75 Å². The second kappa shape index (κ2) is 6.09. The molecule has 0 aliphatic heterocycles. The zero-order valence-electron chi connectivity index (χ0n) is 12.6. The van der Waals surface area contributed by atoms with E-state index in [-0.39, 0.29) is 6.04 Å². The molecule has 1 aromatic heterocycles. The Kier molecular flexibility index (Phi) is 4.45. The molecule has 0 spiro atoms. The first-order chi connectivity index (χ1) is 9.47. The molecule has 4 nitrogen and oxygen atoms in total. The Balaban J connectivity index is 2.03. The molecule has 0 fully saturated rings. The normalized spacial score (nSPS) is 12.7. The summed E-state index contributed by atoms with van der Waals surface area (Å²) in [5.41, 5.74) is 9.04. The summed E-state index contributed by atoms with van der Waals surface area (Å²) in [6, 6.07) is 8.48. The van der Waals surface area contributed by atoms with Crippen molar-refractivity contribution in [1.82, 2.24) is 9.78 Å². The van der Waals surface area contributed by atoms with Crippen LogP contribution in [0.2, 0.25) is 0 Å². The van der Waals surface area contributed by atoms with Crippen LogP contribution in [0.5, 0.6) is 5.75 Å². The fourth-order valence-electron chi connectivity index (χ4n) is 2.01. The van der Waals surface area contributed by atoms with Crippen molar-refractivity contribution in [2.45, 2.75) is 46.4 Å². The zero-order valence-corrected chi connectivity index (χ0v) is 12.6. The Morgan fingerprint density at radius 3 is 2.55 bits per heavy atom. The van der Waals surface area contributed by atoms with Crippen LogP contribution >= 0.6 is 0 Å². The molecular weight excluding hydrogens is 250 g/mol. The van der Waals surface area contributed by atoms with Gasteiger partial charge in [0, 0.05) is 18.3 Å². The van der Waals surface area contributed by atoms with Crippen LogP contribution in [0.3, 0.4) is 0 Å². The number of nitrogens with two attached hydrogens (primary N) is 1. The number of rotatable bonds is 5. The van der Waals surface area contributed by atoms with Crippen molar-refractivity contribution in [1.29, 1.82) is 0 Å². The third-order valence-electron chi connectivity index (χ3n) is 3.29. The molecule has 0 unspecified atom stereocenters. The lowest BCUT2D eigenvalue weighted by molar-refractivity contribution is 0.296. The quantitative estimate of drug-likeness (QED) is 0.908. The van der Waals surface area contributed by atoms with Crippen molar-refractivity contribution < 1.29 is 4.74 Å². The number of hydrogen-bond donors (Lipinski definition) is 1. The largest absolute Gasteiger partial charge is 0.487 e. The summed E-state index contributed by atoms with van der Waals surface area (Å²) in [6.07, 6.45) is 1.98. The van der Waals surface area contributed by atoms with Crippen LogP contribution in [0, 0.1) is 6.92 Å². The van der Waals surface area contributed by atoms with Crippen molar-refractivity contribution in [3.63, 3.8) is 0 Å². The first-order valence-electron chi connectivity index (χ1n) is 7.00. The van der Waals surface area contributed by atoms with E-state index in [4.69, 9.17) is 10.5 Å². The van der Waals surface area contributed by atoms with E-state index in [0.717, 1.165) is 22.6 Å². The Bertz CT molecular complexity index is 573. The molecular formula is C16H23N3O. The van der Waals surface area contributed by atoms with Gasteiger partial charge in [-0.3, -0.25) is 4.68 Å². The summed E-state index contributed by atoms with van der Waals surface area (Å²) in [7, 11) is 0. The van der Waals surface area contributed by atoms with Crippen molar-refractivity contribution in [2.75, 3.05) is 0 Å². The molecule has 2 aromatic rings. The molecule has 0 amide bonds. The summed E-state index contributed by atoms with van der Waals surface area (Å²) in [6.45, 7) is 8.71. The Hall–Kier alpha value is -1.81. The molecule has 20 heavy (non-hydrogen) atoms. The maximum atomic E-state index is 5.88. The van der Waals surface area contributed by atoms with Crippen LogP contribution in [-0.4, -0.2) is 9.78 Å². The second-order valence-electron chi connectivity index (χ2n) is 5.48. The molecule has 0 saturated heterocycles. The van der Waals surface area contributed by atoms with Crippen molar-refractivity contribution >= 4 is 0 Å². The predicted molar refractivity (Wildman–Crippen MR) is 80.7 cm³/mol. The standard InChI is InChI=1S/C16H23N3O/c1-11(2)19-8-7-15(18-19)10-20-16-6-5-14(13(4)17)9-12(16)3/h5-9,11,13H,10,17H2,1-4H3/t13-/m1/s1. The minimum Gasteiger partial charge on any atom is -0.487 e. The van der Waals surface area contributed by atoms with Gasteiger partial charge in [-0.15, -0.1) is 0 Å². The molecule has 1 atom stereocenters. The Morgan fingerprint density at radius 1 is 1.25 bits per heavy atom. The van der Waals surface area contributed by atoms with Crippen LogP contribution in [0.4, 0.5) is 0 Å². The summed E-state index contributed by atoms with van der Waals surface area (Å²) in [5.74, 6) is 0.883. The van der Waals surface area contributed by atoms with Gasteiger partial charge in [-0.05, 0) is 51.0 Å². The maximum Gasteiger partial charge on any atom is 0.132 e. The zero-order chi connectivity index (χ0) is 14.7. The molecule has 4 heteroatoms. The lowest BCUT2D eigenvalue weighted by atomic mass is 10.1. The summed E-state index contributed by atoms with van der Waals surface area (Å²) in [4.78, 5) is 0. The highest BCUT2D eigenvalue weighted by atomic mass is 16.5. The highest BCUT2D eigenvalue weighted by molar-refractivity contribution is 5.37. The van der Waals surface area contributed by atoms with Gasteiger partial charge < -0.3 is 10.5 Å². The van der Waals surface area contributed by atoms with Gasteiger partial charge in [0.2, 0.25) is 0 Å². The van der Waals surface area contributed by atoms with E-state index in [1.807, 2.05) is 42.9 Å². The summed E-state index contributed by atoms with van der Waals surface area (Å²) < 4.78 is 7.77. The molecule has 0 radical (unpaired) electrons. The fraction of sp³-hybridized carbons (Fsp3) is 0.438. The van der Waals surface area contributed by atoms with Crippen molar-refractivity contribution in [3.05, 3.63) is 47.3 Å². The third-order valence-corrected chi connectivity index (χ3v) is 3.29. The maximum absolute atomic E-state index is 5.88. The smallest absolute Gasteiger partial charge is 0.132 e. The lowest BCUT2D eigenvalue weighted by Crippen LogP contribution is -2.06. The highest BCUT2D eigenvalue weighted by Crippen LogP contribution is 2.22. The van der Waals surface area contributed by atoms with Crippen LogP contribution in [0.25, 0.3) is 0 Å². The van der Waals surface area contributed by atoms with Crippen LogP contribution in [0.1, 0.15) is 49.7 Å². The summed E-state index contributed by atoms with van der Waals surface area (Å²) in [5, 5.41) is 4.47. The van der Waals surface area contributed by atoms with Crippen LogP contribution in [0.15, 0.2) is 30.5 Å². The topological polar surface area (TPSA) is 53.1 Å². The molecule has 2 N–H and O–H groups in total. The molecule has 0 aliphatic rings. The van der Waals surface area contributed by atoms with E-state index >= 15 is 0 Å². The molecule has 0 aliphatic carbocycles. The van der Waals surface area contributed by atoms with Gasteiger partial charge in [0.05, 0.1) is 5.69 Å². The Labute approximate surface area is 120 Å². The van der Waals surface area contributed by atoms with E-state index in [1.165, 1.54) is 0 Å². The molecule has 1 heterocycles. The minimum absolute atomic E-state index is 0.0458. The number of nitrogens with zero attached hydrogens (tertiary/aromatic N) is 2. The van der Waals surface area contributed by atoms with Gasteiger partial charge in [-0.25, -0.2) is 0 Å². The molecule has 108 valence electrons. The van der Waals surface area contributed by atoms with E-state index < -0.39 is 0 Å². The first-order valence-corrected chi connectivity index (χ1v) is 7.00. The van der Waals surface area contributed by atoms with Gasteiger partial charge in [0.1, 0.15) is 12.4 Å². The fourth-order valence-corrected chi connectivity index (χ4v) is 2.01. The predicted octanol–water partition coefficient (Wildman–Crippen LogP) is 3.37. The molecule has 2 rings (SSSR count). The van der Waals surface area contributed by atoms with E-state index in [9.17, 15) is 0 Å². The van der Waals surface area contributed by atoms with Gasteiger partial charge in [0.25, 0.3) is 0 Å². The minimum atomic E-state index is 0.0458. The van der Waals surface area contributed by atoms with Crippen LogP contribution in [-0.2, 0) is 6.61 Å². The Morgan fingerprint density at radius 2 is 2.00 bits per heavy atom. The van der Waals surface area contributed by atoms with E-state index in [0.29, 0.717) is 12.6 Å². The lowest BCUT2D eigenvalue weighted by Gasteiger charge is -2.11. The average Bonchev–Trinajstić information content (AvgIpc) is 2.86. The SMILES string of the molecule is Cc1cc([C@@H](C)N)ccc1OCc1ccn(C(C)C)n1. The van der Waals surface area contributed by atoms with Gasteiger partial charge in [-0.2, -0.15) is 5.10 Å².